The maximum Gasteiger partial charge on any atom is 0.238 e. The van der Waals surface area contributed by atoms with E-state index < -0.39 is 0 Å². The second-order valence-electron chi connectivity index (χ2n) is 8.02. The van der Waals surface area contributed by atoms with Crippen molar-refractivity contribution < 1.29 is 14.0 Å². The normalized spacial score (nSPS) is 14.6. The first kappa shape index (κ1) is 22.9. The van der Waals surface area contributed by atoms with E-state index in [4.69, 9.17) is 0 Å². The third-order valence-electron chi connectivity index (χ3n) is 5.51. The number of halogens is 1. The highest BCUT2D eigenvalue weighted by atomic mass is 19.1. The third kappa shape index (κ3) is 6.87. The number of nitrogens with one attached hydrogen (secondary N) is 1. The van der Waals surface area contributed by atoms with Crippen molar-refractivity contribution in [3.05, 3.63) is 65.5 Å². The number of hydrogen-bond acceptors (Lipinski definition) is 4. The van der Waals surface area contributed by atoms with Crippen molar-refractivity contribution in [3.8, 4) is 0 Å². The largest absolute Gasteiger partial charge is 0.339 e. The summed E-state index contributed by atoms with van der Waals surface area (Å²) in [6.07, 6.45) is 0.866. The topological polar surface area (TPSA) is 55.9 Å². The number of aryl methyl sites for hydroxylation is 1. The SMILES string of the molecule is CCc1ccccc1NC(=O)CN1CCN(C(=O)CN(C)Cc2cccc(F)c2)CC1. The van der Waals surface area contributed by atoms with Gasteiger partial charge in [-0.1, -0.05) is 37.3 Å². The van der Waals surface area contributed by atoms with E-state index in [0.29, 0.717) is 39.3 Å². The van der Waals surface area contributed by atoms with Crippen LogP contribution in [-0.4, -0.2) is 72.8 Å². The Hall–Kier alpha value is -2.77. The lowest BCUT2D eigenvalue weighted by Crippen LogP contribution is -2.52. The van der Waals surface area contributed by atoms with E-state index in [2.05, 4.69) is 17.1 Å². The fourth-order valence-electron chi connectivity index (χ4n) is 3.83. The van der Waals surface area contributed by atoms with Crippen LogP contribution in [-0.2, 0) is 22.6 Å². The first-order valence-electron chi connectivity index (χ1n) is 10.8. The van der Waals surface area contributed by atoms with Gasteiger partial charge in [-0.25, -0.2) is 4.39 Å². The molecule has 0 atom stereocenters. The van der Waals surface area contributed by atoms with Gasteiger partial charge in [0.25, 0.3) is 0 Å². The molecule has 1 aliphatic rings. The van der Waals surface area contributed by atoms with E-state index in [1.54, 1.807) is 6.07 Å². The lowest BCUT2D eigenvalue weighted by Gasteiger charge is -2.35. The van der Waals surface area contributed by atoms with E-state index in [9.17, 15) is 14.0 Å². The maximum atomic E-state index is 13.3. The van der Waals surface area contributed by atoms with Crippen LogP contribution >= 0.6 is 0 Å². The zero-order valence-corrected chi connectivity index (χ0v) is 18.3. The molecular weight excluding hydrogens is 395 g/mol. The number of amides is 2. The summed E-state index contributed by atoms with van der Waals surface area (Å²) in [5, 5.41) is 3.00. The summed E-state index contributed by atoms with van der Waals surface area (Å²) < 4.78 is 13.3. The Kier molecular flexibility index (Phi) is 8.14. The molecule has 0 aliphatic carbocycles. The van der Waals surface area contributed by atoms with Gasteiger partial charge in [-0.3, -0.25) is 19.4 Å². The number of carbonyl (C=O) groups excluding carboxylic acids is 2. The fourth-order valence-corrected chi connectivity index (χ4v) is 3.83. The predicted molar refractivity (Wildman–Crippen MR) is 120 cm³/mol. The molecule has 1 fully saturated rings. The number of benzene rings is 2. The minimum absolute atomic E-state index is 0.0319. The van der Waals surface area contributed by atoms with Crippen LogP contribution in [0.25, 0.3) is 0 Å². The molecule has 2 aromatic rings. The first-order chi connectivity index (χ1) is 14.9. The number of rotatable bonds is 8. The average molecular weight is 427 g/mol. The fraction of sp³-hybridized carbons (Fsp3) is 0.417. The molecule has 0 bridgehead atoms. The highest BCUT2D eigenvalue weighted by Crippen LogP contribution is 2.15. The van der Waals surface area contributed by atoms with Crippen molar-refractivity contribution in [2.45, 2.75) is 19.9 Å². The summed E-state index contributed by atoms with van der Waals surface area (Å²) in [5.74, 6) is -0.244. The van der Waals surface area contributed by atoms with Gasteiger partial charge in [0, 0.05) is 38.4 Å². The standard InChI is InChI=1S/C24H31FN4O2/c1-3-20-8-4-5-10-22(20)26-23(30)17-28-11-13-29(14-12-28)24(31)18-27(2)16-19-7-6-9-21(25)15-19/h4-10,15H,3,11-14,16-18H2,1-2H3,(H,26,30). The van der Waals surface area contributed by atoms with E-state index in [-0.39, 0.29) is 24.2 Å². The lowest BCUT2D eigenvalue weighted by molar-refractivity contribution is -0.134. The van der Waals surface area contributed by atoms with Crippen LogP contribution in [0.5, 0.6) is 0 Å². The van der Waals surface area contributed by atoms with Crippen molar-refractivity contribution in [1.29, 1.82) is 0 Å². The van der Waals surface area contributed by atoms with E-state index >= 15 is 0 Å². The van der Waals surface area contributed by atoms with Crippen LogP contribution in [0.15, 0.2) is 48.5 Å². The van der Waals surface area contributed by atoms with Gasteiger partial charge < -0.3 is 10.2 Å². The Morgan fingerprint density at radius 1 is 1.06 bits per heavy atom. The number of carbonyl (C=O) groups is 2. The van der Waals surface area contributed by atoms with Gasteiger partial charge in [0.2, 0.25) is 11.8 Å². The van der Waals surface area contributed by atoms with E-state index in [1.165, 1.54) is 12.1 Å². The molecule has 6 nitrogen and oxygen atoms in total. The molecule has 0 radical (unpaired) electrons. The molecule has 3 rings (SSSR count). The van der Waals surface area contributed by atoms with Gasteiger partial charge in [-0.15, -0.1) is 0 Å². The zero-order valence-electron chi connectivity index (χ0n) is 18.3. The molecule has 1 saturated heterocycles. The number of para-hydroxylation sites is 1. The highest BCUT2D eigenvalue weighted by molar-refractivity contribution is 5.93. The number of nitrogens with zero attached hydrogens (tertiary/aromatic N) is 3. The van der Waals surface area contributed by atoms with Gasteiger partial charge in [-0.05, 0) is 42.8 Å². The molecule has 31 heavy (non-hydrogen) atoms. The molecule has 0 aromatic heterocycles. The molecule has 0 unspecified atom stereocenters. The number of piperazine rings is 1. The summed E-state index contributed by atoms with van der Waals surface area (Å²) in [5.41, 5.74) is 2.83. The molecule has 0 saturated carbocycles. The zero-order chi connectivity index (χ0) is 22.2. The number of hydrogen-bond donors (Lipinski definition) is 1. The Balaban J connectivity index is 1.41. The lowest BCUT2D eigenvalue weighted by atomic mass is 10.1. The first-order valence-corrected chi connectivity index (χ1v) is 10.8. The van der Waals surface area contributed by atoms with Gasteiger partial charge in [0.1, 0.15) is 5.82 Å². The van der Waals surface area contributed by atoms with Crippen LogP contribution in [0.3, 0.4) is 0 Å². The molecule has 166 valence electrons. The second kappa shape index (κ2) is 11.0. The molecular formula is C24H31FN4O2. The summed E-state index contributed by atoms with van der Waals surface area (Å²) in [6.45, 7) is 5.73. The Bertz CT molecular complexity index is 897. The molecule has 0 spiro atoms. The van der Waals surface area contributed by atoms with Gasteiger partial charge in [-0.2, -0.15) is 0 Å². The molecule has 1 heterocycles. The van der Waals surface area contributed by atoms with Crippen molar-refractivity contribution >= 4 is 17.5 Å². The summed E-state index contributed by atoms with van der Waals surface area (Å²) in [4.78, 5) is 30.9. The van der Waals surface area contributed by atoms with Gasteiger partial charge >= 0.3 is 0 Å². The van der Waals surface area contributed by atoms with E-state index in [0.717, 1.165) is 23.2 Å². The van der Waals surface area contributed by atoms with Gasteiger partial charge in [0.05, 0.1) is 13.1 Å². The molecule has 7 heteroatoms. The van der Waals surface area contributed by atoms with Crippen LogP contribution in [0, 0.1) is 5.82 Å². The molecule has 1 N–H and O–H groups in total. The van der Waals surface area contributed by atoms with Crippen molar-refractivity contribution in [2.24, 2.45) is 0 Å². The summed E-state index contributed by atoms with van der Waals surface area (Å²) in [6, 6.07) is 14.3. The Morgan fingerprint density at radius 3 is 2.52 bits per heavy atom. The van der Waals surface area contributed by atoms with Crippen LogP contribution in [0.2, 0.25) is 0 Å². The van der Waals surface area contributed by atoms with Crippen molar-refractivity contribution in [2.75, 3.05) is 51.6 Å². The maximum absolute atomic E-state index is 13.3. The summed E-state index contributed by atoms with van der Waals surface area (Å²) >= 11 is 0. The molecule has 2 aromatic carbocycles. The minimum Gasteiger partial charge on any atom is -0.339 e. The van der Waals surface area contributed by atoms with Crippen LogP contribution < -0.4 is 5.32 Å². The van der Waals surface area contributed by atoms with Crippen LogP contribution in [0.1, 0.15) is 18.1 Å². The van der Waals surface area contributed by atoms with Gasteiger partial charge in [0.15, 0.2) is 0 Å². The predicted octanol–water partition coefficient (Wildman–Crippen LogP) is 2.60. The minimum atomic E-state index is -0.268. The Labute approximate surface area is 183 Å². The number of anilines is 1. The second-order valence-corrected chi connectivity index (χ2v) is 8.02. The van der Waals surface area contributed by atoms with Crippen molar-refractivity contribution in [1.82, 2.24) is 14.7 Å². The highest BCUT2D eigenvalue weighted by Gasteiger charge is 2.23. The summed E-state index contributed by atoms with van der Waals surface area (Å²) in [7, 11) is 1.86. The van der Waals surface area contributed by atoms with Crippen molar-refractivity contribution in [3.63, 3.8) is 0 Å². The number of likely N-dealkylation sites (N-methyl/N-ethyl adjacent to an activating group) is 1. The smallest absolute Gasteiger partial charge is 0.238 e. The average Bonchev–Trinajstić information content (AvgIpc) is 2.74. The molecule has 1 aliphatic heterocycles. The quantitative estimate of drug-likeness (QED) is 0.705. The van der Waals surface area contributed by atoms with E-state index in [1.807, 2.05) is 47.2 Å². The molecule has 2 amide bonds. The third-order valence-corrected chi connectivity index (χ3v) is 5.51. The monoisotopic (exact) mass is 426 g/mol. The van der Waals surface area contributed by atoms with Crippen LogP contribution in [0.4, 0.5) is 10.1 Å². The Morgan fingerprint density at radius 2 is 1.81 bits per heavy atom.